The minimum absolute atomic E-state index is 0.105. The summed E-state index contributed by atoms with van der Waals surface area (Å²) in [6.45, 7) is 1.80. The number of hydrogen-bond acceptors (Lipinski definition) is 14. The first-order valence-electron chi connectivity index (χ1n) is 20.9. The number of carboxylic acid groups (broad SMARTS) is 2. The van der Waals surface area contributed by atoms with E-state index in [-0.39, 0.29) is 32.5 Å². The van der Waals surface area contributed by atoms with Crippen LogP contribution >= 0.6 is 0 Å². The van der Waals surface area contributed by atoms with E-state index in [0.29, 0.717) is 25.7 Å². The highest BCUT2D eigenvalue weighted by Crippen LogP contribution is 2.22. The quantitative estimate of drug-likeness (QED) is 0.113. The largest absolute Gasteiger partial charge is 0.481 e. The molecule has 3 saturated heterocycles. The summed E-state index contributed by atoms with van der Waals surface area (Å²) in [4.78, 5) is 158. The molecular formula is C38H59N11O15. The molecule has 0 aromatic carbocycles. The van der Waals surface area contributed by atoms with Gasteiger partial charge in [0.15, 0.2) is 0 Å². The predicted octanol–water partition coefficient (Wildman–Crippen LogP) is -6.52. The molecular weight excluding hydrogens is 850 g/mol. The summed E-state index contributed by atoms with van der Waals surface area (Å²) in [5, 5.41) is 47.3. The first-order chi connectivity index (χ1) is 30.1. The number of nitrogens with two attached hydrogens (primary N) is 1. The molecule has 356 valence electrons. The molecule has 13 N–H and O–H groups in total. The van der Waals surface area contributed by atoms with E-state index in [1.54, 1.807) is 13.8 Å². The number of carbonyl (C=O) groups is 12. The Hall–Kier alpha value is -6.44. The fraction of sp³-hybridized carbons (Fsp3) is 0.684. The summed E-state index contributed by atoms with van der Waals surface area (Å²) in [5.41, 5.74) is 6.22. The van der Waals surface area contributed by atoms with Crippen molar-refractivity contribution in [1.29, 1.82) is 0 Å². The van der Waals surface area contributed by atoms with Gasteiger partial charge in [-0.15, -0.1) is 0 Å². The van der Waals surface area contributed by atoms with Crippen molar-refractivity contribution in [2.24, 2.45) is 11.7 Å². The third-order valence-corrected chi connectivity index (χ3v) is 10.9. The Labute approximate surface area is 367 Å². The van der Waals surface area contributed by atoms with E-state index in [1.807, 2.05) is 0 Å². The number of nitrogens with one attached hydrogen (secondary N) is 8. The first kappa shape index (κ1) is 51.9. The lowest BCUT2D eigenvalue weighted by Gasteiger charge is -2.36. The van der Waals surface area contributed by atoms with Crippen LogP contribution in [0.2, 0.25) is 0 Å². The van der Waals surface area contributed by atoms with Gasteiger partial charge in [-0.2, -0.15) is 0 Å². The molecule has 3 aliphatic rings. The van der Waals surface area contributed by atoms with Gasteiger partial charge in [0.2, 0.25) is 59.1 Å². The van der Waals surface area contributed by atoms with Gasteiger partial charge in [0.1, 0.15) is 42.3 Å². The van der Waals surface area contributed by atoms with Crippen LogP contribution in [0.4, 0.5) is 0 Å². The van der Waals surface area contributed by atoms with Gasteiger partial charge in [-0.25, -0.2) is 0 Å². The topological polar surface area (TPSA) is 394 Å². The Morgan fingerprint density at radius 3 is 1.56 bits per heavy atom. The van der Waals surface area contributed by atoms with Crippen LogP contribution in [0.5, 0.6) is 0 Å². The van der Waals surface area contributed by atoms with Crippen molar-refractivity contribution in [1.82, 2.24) is 52.3 Å². The average molecular weight is 910 g/mol. The highest BCUT2D eigenvalue weighted by atomic mass is 16.4. The molecule has 64 heavy (non-hydrogen) atoms. The van der Waals surface area contributed by atoms with E-state index in [4.69, 9.17) is 5.73 Å². The summed E-state index contributed by atoms with van der Waals surface area (Å²) in [7, 11) is 0. The molecule has 3 fully saturated rings. The zero-order chi connectivity index (χ0) is 47.8. The molecule has 3 aliphatic heterocycles. The van der Waals surface area contributed by atoms with Crippen LogP contribution in [0.15, 0.2) is 0 Å². The first-order valence-corrected chi connectivity index (χ1v) is 20.9. The molecule has 0 bridgehead atoms. The molecule has 0 spiro atoms. The second kappa shape index (κ2) is 24.4. The van der Waals surface area contributed by atoms with Crippen LogP contribution < -0.4 is 48.3 Å². The number of aliphatic hydroxyl groups is 1. The summed E-state index contributed by atoms with van der Waals surface area (Å²) in [5.74, 6) is -13.0. The van der Waals surface area contributed by atoms with Crippen LogP contribution in [0.3, 0.4) is 0 Å². The molecule has 3 heterocycles. The van der Waals surface area contributed by atoms with Gasteiger partial charge in [-0.05, 0) is 44.9 Å². The minimum atomic E-state index is -1.83. The second-order valence-electron chi connectivity index (χ2n) is 15.8. The number of carbonyl (C=O) groups excluding carboxylic acids is 10. The number of amides is 10. The van der Waals surface area contributed by atoms with Crippen LogP contribution in [-0.4, -0.2) is 184 Å². The summed E-state index contributed by atoms with van der Waals surface area (Å²) < 4.78 is 0. The second-order valence-corrected chi connectivity index (χ2v) is 15.8. The number of piperidine rings is 1. The molecule has 26 nitrogen and oxygen atoms in total. The SMILES string of the molecule is CCC(C)C1NC(=O)C(C(C)O)NC(=O)CNC(=O)C(CC(=O)O)NC(=O)CNC(=O)C(CC(=O)O)NC(=O)CNC(=O)[C@@H]2CCCCN2C(=O)C(N)CNC(=O)C2CCCN2C1=O. The van der Waals surface area contributed by atoms with E-state index in [2.05, 4.69) is 42.5 Å². The molecule has 10 amide bonds. The lowest BCUT2D eigenvalue weighted by Crippen LogP contribution is -2.61. The number of aliphatic carboxylic acids is 2. The van der Waals surface area contributed by atoms with Crippen molar-refractivity contribution in [3.8, 4) is 0 Å². The van der Waals surface area contributed by atoms with Crippen molar-refractivity contribution in [2.45, 2.75) is 121 Å². The molecule has 0 aromatic rings. The Morgan fingerprint density at radius 2 is 1.06 bits per heavy atom. The molecule has 0 aliphatic carbocycles. The molecule has 3 rings (SSSR count). The zero-order valence-electron chi connectivity index (χ0n) is 35.8. The van der Waals surface area contributed by atoms with Gasteiger partial charge in [0, 0.05) is 19.6 Å². The number of rotatable bonds is 7. The Kier molecular flexibility index (Phi) is 19.8. The standard InChI is InChI=1S/C38H59N11O15/c1-4-18(2)30-38(64)49-11-7-9-24(49)34(60)40-14-20(39)37(63)48-10-6-5-8-23(48)35(61)43-16-26(52)45-21(12-28(54)55)32(58)41-15-25(51)44-22(13-29(56)57)33(59)42-17-27(53)46-31(19(3)50)36(62)47-30/h18-24,30-31,50H,4-17,39H2,1-3H3,(H,40,60)(H,41,58)(H,42,59)(H,43,61)(H,44,51)(H,45,52)(H,46,53)(H,47,62)(H,54,55)(H,56,57)/t18?,19?,20?,21?,22?,23-,24?,30?,31?/m0/s1. The van der Waals surface area contributed by atoms with E-state index in [0.717, 1.165) is 0 Å². The Balaban J connectivity index is 1.92. The normalized spacial score (nSPS) is 28.2. The van der Waals surface area contributed by atoms with Crippen molar-refractivity contribution < 1.29 is 72.9 Å². The maximum atomic E-state index is 14.1. The fourth-order valence-corrected chi connectivity index (χ4v) is 7.26. The number of carboxylic acids is 2. The van der Waals surface area contributed by atoms with E-state index >= 15 is 0 Å². The zero-order valence-corrected chi connectivity index (χ0v) is 35.8. The lowest BCUT2D eigenvalue weighted by molar-refractivity contribution is -0.144. The van der Waals surface area contributed by atoms with Gasteiger partial charge in [-0.3, -0.25) is 57.5 Å². The molecule has 0 radical (unpaired) electrons. The molecule has 0 aromatic heterocycles. The fourth-order valence-electron chi connectivity index (χ4n) is 7.26. The predicted molar refractivity (Wildman–Crippen MR) is 217 cm³/mol. The van der Waals surface area contributed by atoms with Crippen LogP contribution in [0, 0.1) is 5.92 Å². The molecule has 0 saturated carbocycles. The van der Waals surface area contributed by atoms with E-state index in [9.17, 15) is 72.9 Å². The Morgan fingerprint density at radius 1 is 0.609 bits per heavy atom. The molecule has 8 unspecified atom stereocenters. The van der Waals surface area contributed by atoms with Gasteiger partial charge in [-0.1, -0.05) is 20.3 Å². The highest BCUT2D eigenvalue weighted by molar-refractivity contribution is 5.98. The van der Waals surface area contributed by atoms with Gasteiger partial charge in [0.25, 0.3) is 0 Å². The van der Waals surface area contributed by atoms with Crippen LogP contribution in [0.1, 0.15) is 72.1 Å². The number of aliphatic hydroxyl groups excluding tert-OH is 1. The molecule has 9 atom stereocenters. The van der Waals surface area contributed by atoms with E-state index < -0.39 is 158 Å². The average Bonchev–Trinajstić information content (AvgIpc) is 3.75. The minimum Gasteiger partial charge on any atom is -0.481 e. The smallest absolute Gasteiger partial charge is 0.305 e. The number of hydrogen-bond donors (Lipinski definition) is 12. The van der Waals surface area contributed by atoms with Gasteiger partial charge >= 0.3 is 11.9 Å². The lowest BCUT2D eigenvalue weighted by atomic mass is 9.96. The third-order valence-electron chi connectivity index (χ3n) is 10.9. The number of fused-ring (bicyclic) bond motifs is 2. The summed E-state index contributed by atoms with van der Waals surface area (Å²) in [6.07, 6.45) is -1.36. The van der Waals surface area contributed by atoms with Crippen molar-refractivity contribution >= 4 is 71.0 Å². The molecule has 26 heteroatoms. The third kappa shape index (κ3) is 15.1. The van der Waals surface area contributed by atoms with Crippen molar-refractivity contribution in [3.63, 3.8) is 0 Å². The number of nitrogens with zero attached hydrogens (tertiary/aromatic N) is 2. The summed E-state index contributed by atoms with van der Waals surface area (Å²) >= 11 is 0. The van der Waals surface area contributed by atoms with Crippen molar-refractivity contribution in [2.75, 3.05) is 39.3 Å². The van der Waals surface area contributed by atoms with Gasteiger partial charge in [0.05, 0.1) is 38.6 Å². The van der Waals surface area contributed by atoms with Gasteiger partial charge < -0.3 is 73.4 Å². The van der Waals surface area contributed by atoms with Crippen LogP contribution in [0.25, 0.3) is 0 Å². The van der Waals surface area contributed by atoms with Crippen molar-refractivity contribution in [3.05, 3.63) is 0 Å². The van der Waals surface area contributed by atoms with E-state index in [1.165, 1.54) is 16.7 Å². The summed E-state index contributed by atoms with van der Waals surface area (Å²) in [6, 6.07) is -10.0. The monoisotopic (exact) mass is 909 g/mol. The maximum absolute atomic E-state index is 14.1. The Bertz CT molecular complexity index is 1810. The van der Waals surface area contributed by atoms with Crippen LogP contribution in [-0.2, 0) is 57.5 Å². The maximum Gasteiger partial charge on any atom is 0.305 e. The highest BCUT2D eigenvalue weighted by Gasteiger charge is 2.41.